The number of aromatic nitrogens is 3. The third-order valence-electron chi connectivity index (χ3n) is 1.81. The van der Waals surface area contributed by atoms with Gasteiger partial charge in [-0.05, 0) is 6.07 Å². The topological polar surface area (TPSA) is 58.6 Å². The molecular formula is C8H4F3N3O. The van der Waals surface area contributed by atoms with Crippen molar-refractivity contribution in [1.29, 1.82) is 0 Å². The van der Waals surface area contributed by atoms with Crippen LogP contribution in [0.4, 0.5) is 13.2 Å². The van der Waals surface area contributed by atoms with E-state index in [0.29, 0.717) is 0 Å². The van der Waals surface area contributed by atoms with Crippen LogP contribution in [0.3, 0.4) is 0 Å². The quantitative estimate of drug-likeness (QED) is 0.721. The molecule has 0 aliphatic carbocycles. The van der Waals surface area contributed by atoms with E-state index >= 15 is 0 Å². The first-order valence-corrected chi connectivity index (χ1v) is 3.89. The van der Waals surface area contributed by atoms with Gasteiger partial charge in [0.2, 0.25) is 0 Å². The number of hydrogen-bond donors (Lipinski definition) is 1. The van der Waals surface area contributed by atoms with Crippen LogP contribution in [-0.4, -0.2) is 15.0 Å². The average molecular weight is 215 g/mol. The molecule has 0 amide bonds. The molecule has 0 fully saturated rings. The lowest BCUT2D eigenvalue weighted by Gasteiger charge is -2.06. The Bertz CT molecular complexity index is 561. The molecule has 2 rings (SSSR count). The number of hydrogen-bond acceptors (Lipinski definition) is 3. The molecule has 2 aromatic heterocycles. The van der Waals surface area contributed by atoms with E-state index in [-0.39, 0.29) is 10.9 Å². The van der Waals surface area contributed by atoms with Crippen molar-refractivity contribution in [1.82, 2.24) is 15.0 Å². The van der Waals surface area contributed by atoms with Crippen molar-refractivity contribution < 1.29 is 13.2 Å². The van der Waals surface area contributed by atoms with E-state index in [1.54, 1.807) is 4.98 Å². The minimum atomic E-state index is -4.58. The van der Waals surface area contributed by atoms with Crippen molar-refractivity contribution in [2.45, 2.75) is 6.18 Å². The highest BCUT2D eigenvalue weighted by molar-refractivity contribution is 5.76. The van der Waals surface area contributed by atoms with Crippen LogP contribution in [0.15, 0.2) is 23.4 Å². The van der Waals surface area contributed by atoms with Gasteiger partial charge in [-0.25, -0.2) is 9.97 Å². The van der Waals surface area contributed by atoms with Crippen LogP contribution in [0.5, 0.6) is 0 Å². The first-order valence-electron chi connectivity index (χ1n) is 3.89. The highest BCUT2D eigenvalue weighted by Gasteiger charge is 2.32. The Hall–Kier alpha value is -1.92. The number of halogens is 3. The molecule has 0 aliphatic rings. The summed E-state index contributed by atoms with van der Waals surface area (Å²) in [6.45, 7) is 0. The van der Waals surface area contributed by atoms with Crippen LogP contribution >= 0.6 is 0 Å². The van der Waals surface area contributed by atoms with Gasteiger partial charge < -0.3 is 4.98 Å². The molecule has 7 heteroatoms. The summed E-state index contributed by atoms with van der Waals surface area (Å²) < 4.78 is 36.9. The van der Waals surface area contributed by atoms with Gasteiger partial charge in [-0.2, -0.15) is 13.2 Å². The predicted octanol–water partition coefficient (Wildman–Crippen LogP) is 1.34. The zero-order chi connectivity index (χ0) is 11.1. The van der Waals surface area contributed by atoms with E-state index < -0.39 is 17.4 Å². The SMILES string of the molecule is O=c1[nH]c(C(F)(F)F)cc2cncnc12. The van der Waals surface area contributed by atoms with Crippen molar-refractivity contribution in [2.24, 2.45) is 0 Å². The molecule has 1 N–H and O–H groups in total. The molecule has 0 saturated carbocycles. The zero-order valence-corrected chi connectivity index (χ0v) is 7.17. The Labute approximate surface area is 80.8 Å². The van der Waals surface area contributed by atoms with Gasteiger partial charge >= 0.3 is 6.18 Å². The predicted molar refractivity (Wildman–Crippen MR) is 45.2 cm³/mol. The largest absolute Gasteiger partial charge is 0.431 e. The maximum absolute atomic E-state index is 12.3. The number of rotatable bonds is 0. The molecule has 0 unspecified atom stereocenters. The summed E-state index contributed by atoms with van der Waals surface area (Å²) >= 11 is 0. The lowest BCUT2D eigenvalue weighted by atomic mass is 10.2. The monoisotopic (exact) mass is 215 g/mol. The van der Waals surface area contributed by atoms with Crippen LogP contribution < -0.4 is 5.56 Å². The third-order valence-corrected chi connectivity index (χ3v) is 1.81. The van der Waals surface area contributed by atoms with Gasteiger partial charge in [0.05, 0.1) is 0 Å². The Balaban J connectivity index is 2.79. The number of nitrogens with zero attached hydrogens (tertiary/aromatic N) is 2. The average Bonchev–Trinajstić information content (AvgIpc) is 2.16. The second kappa shape index (κ2) is 3.04. The van der Waals surface area contributed by atoms with E-state index in [4.69, 9.17) is 0 Å². The molecule has 78 valence electrons. The van der Waals surface area contributed by atoms with Crippen molar-refractivity contribution >= 4 is 10.9 Å². The fraction of sp³-hybridized carbons (Fsp3) is 0.125. The van der Waals surface area contributed by atoms with Gasteiger partial charge in [0, 0.05) is 11.6 Å². The van der Waals surface area contributed by atoms with E-state index in [2.05, 4.69) is 9.97 Å². The molecule has 0 aromatic carbocycles. The van der Waals surface area contributed by atoms with E-state index in [1.807, 2.05) is 0 Å². The number of nitrogens with one attached hydrogen (secondary N) is 1. The van der Waals surface area contributed by atoms with Gasteiger partial charge in [-0.3, -0.25) is 4.79 Å². The van der Waals surface area contributed by atoms with E-state index in [9.17, 15) is 18.0 Å². The Morgan fingerprint density at radius 1 is 1.33 bits per heavy atom. The minimum Gasteiger partial charge on any atom is -0.316 e. The lowest BCUT2D eigenvalue weighted by Crippen LogP contribution is -2.17. The highest BCUT2D eigenvalue weighted by Crippen LogP contribution is 2.27. The summed E-state index contributed by atoms with van der Waals surface area (Å²) in [6, 6.07) is 0.802. The van der Waals surface area contributed by atoms with Gasteiger partial charge in [0.15, 0.2) is 0 Å². The molecule has 0 spiro atoms. The zero-order valence-electron chi connectivity index (χ0n) is 7.17. The van der Waals surface area contributed by atoms with Crippen molar-refractivity contribution in [2.75, 3.05) is 0 Å². The van der Waals surface area contributed by atoms with E-state index in [1.165, 1.54) is 0 Å². The fourth-order valence-electron chi connectivity index (χ4n) is 1.16. The molecule has 15 heavy (non-hydrogen) atoms. The number of alkyl halides is 3. The molecule has 0 saturated heterocycles. The fourth-order valence-corrected chi connectivity index (χ4v) is 1.16. The molecule has 2 heterocycles. The summed E-state index contributed by atoms with van der Waals surface area (Å²) in [5, 5.41) is 0.0635. The number of fused-ring (bicyclic) bond motifs is 1. The standard InChI is InChI=1S/C8H4F3N3O/c9-8(10,11)5-1-4-2-12-3-13-6(4)7(15)14-5/h1-3H,(H,14,15). The highest BCUT2D eigenvalue weighted by atomic mass is 19.4. The molecule has 0 aliphatic heterocycles. The number of pyridine rings is 1. The molecule has 0 bridgehead atoms. The van der Waals surface area contributed by atoms with Crippen molar-refractivity contribution in [3.8, 4) is 0 Å². The normalized spacial score (nSPS) is 11.9. The first kappa shape index (κ1) is 9.63. The van der Waals surface area contributed by atoms with Crippen LogP contribution in [0, 0.1) is 0 Å². The maximum atomic E-state index is 12.3. The van der Waals surface area contributed by atoms with Gasteiger partial charge in [0.1, 0.15) is 17.5 Å². The molecular weight excluding hydrogens is 211 g/mol. The van der Waals surface area contributed by atoms with Crippen LogP contribution in [0.25, 0.3) is 10.9 Å². The molecule has 2 aromatic rings. The van der Waals surface area contributed by atoms with Crippen molar-refractivity contribution in [3.63, 3.8) is 0 Å². The second-order valence-corrected chi connectivity index (χ2v) is 2.84. The molecule has 0 atom stereocenters. The summed E-state index contributed by atoms with van der Waals surface area (Å²) in [7, 11) is 0. The maximum Gasteiger partial charge on any atom is 0.431 e. The third kappa shape index (κ3) is 1.67. The second-order valence-electron chi connectivity index (χ2n) is 2.84. The lowest BCUT2D eigenvalue weighted by molar-refractivity contribution is -0.141. The first-order chi connectivity index (χ1) is 6.98. The Morgan fingerprint density at radius 2 is 2.07 bits per heavy atom. The summed E-state index contributed by atoms with van der Waals surface area (Å²) in [6.07, 6.45) is -2.32. The smallest absolute Gasteiger partial charge is 0.316 e. The van der Waals surface area contributed by atoms with Crippen LogP contribution in [0.1, 0.15) is 5.69 Å². The van der Waals surface area contributed by atoms with Crippen LogP contribution in [0.2, 0.25) is 0 Å². The van der Waals surface area contributed by atoms with Crippen molar-refractivity contribution in [3.05, 3.63) is 34.6 Å². The number of aromatic amines is 1. The molecule has 0 radical (unpaired) electrons. The van der Waals surface area contributed by atoms with Crippen LogP contribution in [-0.2, 0) is 6.18 Å². The van der Waals surface area contributed by atoms with Gasteiger partial charge in [-0.15, -0.1) is 0 Å². The number of H-pyrrole nitrogens is 1. The van der Waals surface area contributed by atoms with E-state index in [0.717, 1.165) is 18.6 Å². The minimum absolute atomic E-state index is 0.0574. The summed E-state index contributed by atoms with van der Waals surface area (Å²) in [5.74, 6) is 0. The summed E-state index contributed by atoms with van der Waals surface area (Å²) in [4.78, 5) is 20.0. The van der Waals surface area contributed by atoms with Gasteiger partial charge in [0.25, 0.3) is 5.56 Å². The van der Waals surface area contributed by atoms with Gasteiger partial charge in [-0.1, -0.05) is 0 Å². The Morgan fingerprint density at radius 3 is 2.73 bits per heavy atom. The molecule has 4 nitrogen and oxygen atoms in total. The Kier molecular flexibility index (Phi) is 1.95. The summed E-state index contributed by atoms with van der Waals surface area (Å²) in [5.41, 5.74) is -2.03.